The lowest BCUT2D eigenvalue weighted by Crippen LogP contribution is -2.30. The van der Waals surface area contributed by atoms with Gasteiger partial charge in [0.05, 0.1) is 31.8 Å². The van der Waals surface area contributed by atoms with Crippen LogP contribution in [0.1, 0.15) is 57.9 Å². The van der Waals surface area contributed by atoms with Gasteiger partial charge in [0.2, 0.25) is 5.91 Å². The van der Waals surface area contributed by atoms with Crippen molar-refractivity contribution in [2.75, 3.05) is 20.3 Å². The van der Waals surface area contributed by atoms with E-state index in [1.807, 2.05) is 6.08 Å². The van der Waals surface area contributed by atoms with E-state index in [9.17, 15) is 14.0 Å². The minimum absolute atomic E-state index is 0.0108. The van der Waals surface area contributed by atoms with Crippen LogP contribution in [0.3, 0.4) is 0 Å². The predicted molar refractivity (Wildman–Crippen MR) is 138 cm³/mol. The number of aromatic nitrogens is 3. The number of hydrogen-bond donors (Lipinski definition) is 1. The van der Waals surface area contributed by atoms with E-state index < -0.39 is 6.17 Å². The van der Waals surface area contributed by atoms with Gasteiger partial charge in [0.1, 0.15) is 12.3 Å². The highest BCUT2D eigenvalue weighted by molar-refractivity contribution is 6.29. The van der Waals surface area contributed by atoms with Crippen molar-refractivity contribution in [3.05, 3.63) is 47.9 Å². The molecule has 0 bridgehead atoms. The highest BCUT2D eigenvalue weighted by Crippen LogP contribution is 2.27. The van der Waals surface area contributed by atoms with Gasteiger partial charge in [-0.15, -0.1) is 0 Å². The van der Waals surface area contributed by atoms with Gasteiger partial charge >= 0.3 is 0 Å². The summed E-state index contributed by atoms with van der Waals surface area (Å²) in [5.41, 5.74) is 2.20. The van der Waals surface area contributed by atoms with Crippen molar-refractivity contribution < 1.29 is 18.7 Å². The molecule has 0 unspecified atom stereocenters. The van der Waals surface area contributed by atoms with Gasteiger partial charge in [-0.2, -0.15) is 5.10 Å². The van der Waals surface area contributed by atoms with Crippen molar-refractivity contribution in [3.63, 3.8) is 0 Å². The van der Waals surface area contributed by atoms with Crippen LogP contribution in [0.5, 0.6) is 5.75 Å². The number of hydrogen-bond acceptors (Lipinski definition) is 5. The monoisotopic (exact) mass is 507 g/mol. The first-order valence-electron chi connectivity index (χ1n) is 11.3. The first-order chi connectivity index (χ1) is 16.5. The summed E-state index contributed by atoms with van der Waals surface area (Å²) in [5.74, 6) is 0.0396. The molecule has 2 aromatic heterocycles. The fraction of sp³-hybridized carbons (Fsp3) is 0.440. The lowest BCUT2D eigenvalue weighted by Gasteiger charge is -2.11. The average molecular weight is 508 g/mol. The molecule has 2 amide bonds. The molecule has 1 aliphatic heterocycles. The number of nitrogens with zero attached hydrogens (tertiary/aromatic N) is 4. The Morgan fingerprint density at radius 1 is 1.34 bits per heavy atom. The number of allylic oxidation sites excluding steroid dienone is 3. The molecule has 2 aromatic rings. The van der Waals surface area contributed by atoms with E-state index in [-0.39, 0.29) is 30.7 Å². The molecule has 0 saturated carbocycles. The molecule has 0 spiro atoms. The van der Waals surface area contributed by atoms with E-state index in [2.05, 4.69) is 35.8 Å². The number of nitrogens with one attached hydrogen (secondary N) is 1. The number of rotatable bonds is 6. The minimum Gasteiger partial charge on any atom is -0.495 e. The quantitative estimate of drug-likeness (QED) is 0.575. The molecule has 1 saturated heterocycles. The van der Waals surface area contributed by atoms with Crippen LogP contribution in [0.25, 0.3) is 17.0 Å². The molecule has 1 aliphatic rings. The Labute approximate surface area is 211 Å². The lowest BCUT2D eigenvalue weighted by atomic mass is 10.1. The van der Waals surface area contributed by atoms with Crippen molar-refractivity contribution >= 4 is 29.1 Å². The Morgan fingerprint density at radius 2 is 1.97 bits per heavy atom. The smallest absolute Gasteiger partial charge is 0.276 e. The largest absolute Gasteiger partial charge is 0.495 e. The van der Waals surface area contributed by atoms with Crippen molar-refractivity contribution in [2.45, 2.75) is 53.6 Å². The Bertz CT molecular complexity index is 1030. The van der Waals surface area contributed by atoms with E-state index in [1.165, 1.54) is 25.2 Å². The maximum atomic E-state index is 12.8. The number of carbonyl (C=O) groups excluding carboxylic acids is 2. The summed E-state index contributed by atoms with van der Waals surface area (Å²) in [5, 5.41) is 7.68. The fourth-order valence-electron chi connectivity index (χ4n) is 2.72. The first kappa shape index (κ1) is 29.8. The second-order valence-electron chi connectivity index (χ2n) is 7.98. The van der Waals surface area contributed by atoms with Crippen LogP contribution >= 0.6 is 11.6 Å². The van der Waals surface area contributed by atoms with Crippen LogP contribution in [0.2, 0.25) is 0 Å². The van der Waals surface area contributed by atoms with Crippen molar-refractivity contribution in [3.8, 4) is 17.0 Å². The van der Waals surface area contributed by atoms with Gasteiger partial charge in [-0.3, -0.25) is 14.6 Å². The van der Waals surface area contributed by atoms with Gasteiger partial charge in [-0.1, -0.05) is 44.5 Å². The number of methoxy groups -OCH3 is 1. The second-order valence-corrected chi connectivity index (χ2v) is 8.58. The van der Waals surface area contributed by atoms with Crippen LogP contribution in [-0.4, -0.2) is 58.0 Å². The standard InChI is InChI=1S/C19H20ClN5O3.C3H7F.C3H8/c1-12(20)4-5-13(2)25-17(14-6-15(28-3)9-21-8-14)7-16(23-25)19(27)24-10-18(26)22-11-24;1-3(2)4;1-3-2/h4,6-9H,2,5,10-11H2,1,3H3,(H,22,26);3H,1-2H3;3H2,1-2H3/b12-4+;;. The molecule has 0 aliphatic carbocycles. The first-order valence-corrected chi connectivity index (χ1v) is 11.7. The Kier molecular flexibility index (Phi) is 12.7. The molecule has 3 rings (SSSR count). The second kappa shape index (κ2) is 14.9. The zero-order valence-corrected chi connectivity index (χ0v) is 22.0. The zero-order valence-electron chi connectivity index (χ0n) is 21.3. The van der Waals surface area contributed by atoms with Crippen LogP contribution in [0.4, 0.5) is 4.39 Å². The maximum absolute atomic E-state index is 12.8. The van der Waals surface area contributed by atoms with E-state index >= 15 is 0 Å². The summed E-state index contributed by atoms with van der Waals surface area (Å²) >= 11 is 5.93. The number of carbonyl (C=O) groups is 2. The third kappa shape index (κ3) is 9.90. The molecule has 0 aromatic carbocycles. The van der Waals surface area contributed by atoms with Crippen molar-refractivity contribution in [1.82, 2.24) is 25.0 Å². The highest BCUT2D eigenvalue weighted by Gasteiger charge is 2.27. The molecule has 192 valence electrons. The van der Waals surface area contributed by atoms with Gasteiger partial charge in [0.15, 0.2) is 5.69 Å². The molecule has 3 heterocycles. The van der Waals surface area contributed by atoms with E-state index in [4.69, 9.17) is 16.3 Å². The number of alkyl halides is 1. The molecule has 0 radical (unpaired) electrons. The van der Waals surface area contributed by atoms with Crippen molar-refractivity contribution in [1.29, 1.82) is 0 Å². The van der Waals surface area contributed by atoms with Gasteiger partial charge < -0.3 is 15.0 Å². The van der Waals surface area contributed by atoms with Crippen molar-refractivity contribution in [2.24, 2.45) is 0 Å². The molecule has 0 atom stereocenters. The number of pyridine rings is 1. The SMILES string of the molecule is C=C(C/C=C(\C)Cl)n1nc(C(=O)N2CNC(=O)C2)cc1-c1cncc(OC)c1.CC(C)F.CCC. The zero-order chi connectivity index (χ0) is 26.5. The molecule has 35 heavy (non-hydrogen) atoms. The molecular formula is C25H35ClFN5O3. The normalized spacial score (nSPS) is 12.9. The summed E-state index contributed by atoms with van der Waals surface area (Å²) in [4.78, 5) is 29.7. The summed E-state index contributed by atoms with van der Waals surface area (Å²) in [6, 6.07) is 3.45. The molecule has 1 N–H and O–H groups in total. The number of halogens is 2. The minimum atomic E-state index is -0.667. The highest BCUT2D eigenvalue weighted by atomic mass is 35.5. The Balaban J connectivity index is 0.000000778. The Morgan fingerprint density at radius 3 is 2.49 bits per heavy atom. The average Bonchev–Trinajstić information content (AvgIpc) is 3.44. The molecule has 1 fully saturated rings. The van der Waals surface area contributed by atoms with E-state index in [0.29, 0.717) is 34.2 Å². The molecule has 10 heteroatoms. The lowest BCUT2D eigenvalue weighted by molar-refractivity contribution is -0.118. The summed E-state index contributed by atoms with van der Waals surface area (Å²) < 4.78 is 17.8. The third-order valence-electron chi connectivity index (χ3n) is 4.18. The van der Waals surface area contributed by atoms with E-state index in [0.717, 1.165) is 0 Å². The van der Waals surface area contributed by atoms with Crippen LogP contribution in [0, 0.1) is 0 Å². The third-order valence-corrected chi connectivity index (χ3v) is 4.33. The van der Waals surface area contributed by atoms with Gasteiger partial charge in [0.25, 0.3) is 5.91 Å². The summed E-state index contributed by atoms with van der Waals surface area (Å²) in [6.45, 7) is 13.3. The van der Waals surface area contributed by atoms with Crippen LogP contribution in [0.15, 0.2) is 42.2 Å². The summed E-state index contributed by atoms with van der Waals surface area (Å²) in [6.07, 6.45) is 6.09. The predicted octanol–water partition coefficient (Wildman–Crippen LogP) is 5.27. The molecule has 8 nitrogen and oxygen atoms in total. The van der Waals surface area contributed by atoms with Crippen LogP contribution in [-0.2, 0) is 4.79 Å². The topological polar surface area (TPSA) is 89.4 Å². The van der Waals surface area contributed by atoms with Gasteiger partial charge in [-0.05, 0) is 32.9 Å². The van der Waals surface area contributed by atoms with Gasteiger partial charge in [0, 0.05) is 28.9 Å². The van der Waals surface area contributed by atoms with Gasteiger partial charge in [-0.25, -0.2) is 9.07 Å². The van der Waals surface area contributed by atoms with E-state index in [1.54, 1.807) is 43.2 Å². The number of amides is 2. The Hall–Kier alpha value is -3.20. The van der Waals surface area contributed by atoms with Crippen LogP contribution < -0.4 is 10.1 Å². The number of ether oxygens (including phenoxy) is 1. The maximum Gasteiger partial charge on any atom is 0.276 e. The summed E-state index contributed by atoms with van der Waals surface area (Å²) in [7, 11) is 1.55. The molecular weight excluding hydrogens is 473 g/mol. The fourth-order valence-corrected chi connectivity index (χ4v) is 2.80.